The molecule has 0 saturated carbocycles. The summed E-state index contributed by atoms with van der Waals surface area (Å²) in [5, 5.41) is 3.64. The predicted octanol–water partition coefficient (Wildman–Crippen LogP) is 4.47. The van der Waals surface area contributed by atoms with Crippen molar-refractivity contribution in [1.82, 2.24) is 10.2 Å². The molecule has 138 valence electrons. The molecule has 0 bridgehead atoms. The van der Waals surface area contributed by atoms with Crippen molar-refractivity contribution in [3.8, 4) is 5.75 Å². The van der Waals surface area contributed by atoms with E-state index in [4.69, 9.17) is 27.9 Å². The third-order valence-electron chi connectivity index (χ3n) is 3.92. The Morgan fingerprint density at radius 3 is 2.62 bits per heavy atom. The lowest BCUT2D eigenvalue weighted by molar-refractivity contribution is -0.108. The van der Waals surface area contributed by atoms with Gasteiger partial charge in [0.05, 0.1) is 29.7 Å². The van der Waals surface area contributed by atoms with E-state index in [1.54, 1.807) is 32.4 Å². The van der Waals surface area contributed by atoms with E-state index < -0.39 is 6.04 Å². The Balaban J connectivity index is 2.11. The number of amides is 2. The Morgan fingerprint density at radius 2 is 1.96 bits per heavy atom. The molecule has 2 aromatic carbocycles. The number of hydrogen-bond donors (Lipinski definition) is 1. The van der Waals surface area contributed by atoms with Crippen LogP contribution in [0, 0.1) is 0 Å². The van der Waals surface area contributed by atoms with Crippen molar-refractivity contribution in [2.75, 3.05) is 14.2 Å². The highest BCUT2D eigenvalue weighted by molar-refractivity contribution is 6.42. The summed E-state index contributed by atoms with van der Waals surface area (Å²) in [6, 6.07) is 11.7. The van der Waals surface area contributed by atoms with Gasteiger partial charge in [0.25, 0.3) is 0 Å². The lowest BCUT2D eigenvalue weighted by Crippen LogP contribution is -2.39. The second-order valence-electron chi connectivity index (χ2n) is 5.75. The van der Waals surface area contributed by atoms with E-state index in [1.807, 2.05) is 24.3 Å². The number of urea groups is 1. The molecule has 0 aliphatic carbocycles. The molecule has 0 spiro atoms. The molecule has 2 amide bonds. The van der Waals surface area contributed by atoms with Gasteiger partial charge in [-0.2, -0.15) is 0 Å². The molecule has 2 aromatic rings. The number of para-hydroxylation sites is 1. The van der Waals surface area contributed by atoms with Crippen molar-refractivity contribution >= 4 is 35.5 Å². The van der Waals surface area contributed by atoms with E-state index in [0.717, 1.165) is 11.8 Å². The van der Waals surface area contributed by atoms with E-state index in [1.165, 1.54) is 4.90 Å². The van der Waals surface area contributed by atoms with E-state index in [0.29, 0.717) is 27.9 Å². The molecule has 0 saturated heterocycles. The zero-order valence-electron chi connectivity index (χ0n) is 14.5. The first-order valence-corrected chi connectivity index (χ1v) is 8.74. The van der Waals surface area contributed by atoms with Crippen LogP contribution in [0.5, 0.6) is 5.75 Å². The number of carbonyl (C=O) groups is 2. The number of benzene rings is 2. The third kappa shape index (κ3) is 5.13. The average Bonchev–Trinajstić information content (AvgIpc) is 2.64. The maximum absolute atomic E-state index is 12.6. The molecule has 26 heavy (non-hydrogen) atoms. The van der Waals surface area contributed by atoms with Gasteiger partial charge in [-0.25, -0.2) is 4.79 Å². The first kappa shape index (κ1) is 20.1. The van der Waals surface area contributed by atoms with Crippen molar-refractivity contribution in [1.29, 1.82) is 0 Å². The van der Waals surface area contributed by atoms with Gasteiger partial charge in [-0.1, -0.05) is 47.5 Å². The zero-order chi connectivity index (χ0) is 19.1. The van der Waals surface area contributed by atoms with Gasteiger partial charge in [0, 0.05) is 19.0 Å². The summed E-state index contributed by atoms with van der Waals surface area (Å²) in [4.78, 5) is 25.1. The second kappa shape index (κ2) is 9.46. The summed E-state index contributed by atoms with van der Waals surface area (Å²) in [6.45, 7) is 0.366. The SMILES string of the molecule is COc1ccccc1CN(C)C(=O)N[C@@H](CC=O)c1ccc(Cl)c(Cl)c1. The topological polar surface area (TPSA) is 58.6 Å². The molecule has 0 radical (unpaired) electrons. The van der Waals surface area contributed by atoms with Crippen LogP contribution in [0.25, 0.3) is 0 Å². The number of carbonyl (C=O) groups excluding carboxylic acids is 2. The fourth-order valence-electron chi connectivity index (χ4n) is 2.52. The van der Waals surface area contributed by atoms with Gasteiger partial charge < -0.3 is 19.7 Å². The van der Waals surface area contributed by atoms with Crippen LogP contribution in [0.2, 0.25) is 10.0 Å². The van der Waals surface area contributed by atoms with Crippen LogP contribution in [-0.2, 0) is 11.3 Å². The normalized spacial score (nSPS) is 11.5. The van der Waals surface area contributed by atoms with Gasteiger partial charge in [0.2, 0.25) is 0 Å². The van der Waals surface area contributed by atoms with Crippen molar-refractivity contribution in [2.24, 2.45) is 0 Å². The first-order chi connectivity index (χ1) is 12.5. The van der Waals surface area contributed by atoms with Gasteiger partial charge in [-0.15, -0.1) is 0 Å². The first-order valence-electron chi connectivity index (χ1n) is 7.98. The highest BCUT2D eigenvalue weighted by Gasteiger charge is 2.18. The zero-order valence-corrected chi connectivity index (χ0v) is 16.1. The lowest BCUT2D eigenvalue weighted by Gasteiger charge is -2.24. The third-order valence-corrected chi connectivity index (χ3v) is 4.66. The monoisotopic (exact) mass is 394 g/mol. The molecular formula is C19H20Cl2N2O3. The number of methoxy groups -OCH3 is 1. The smallest absolute Gasteiger partial charge is 0.317 e. The summed E-state index contributed by atoms with van der Waals surface area (Å²) in [5.41, 5.74) is 1.60. The molecule has 0 aromatic heterocycles. The van der Waals surface area contributed by atoms with Crippen LogP contribution in [-0.4, -0.2) is 31.4 Å². The molecule has 0 fully saturated rings. The van der Waals surface area contributed by atoms with E-state index >= 15 is 0 Å². The molecule has 0 unspecified atom stereocenters. The van der Waals surface area contributed by atoms with Gasteiger partial charge in [-0.3, -0.25) is 0 Å². The summed E-state index contributed by atoms with van der Waals surface area (Å²) in [7, 11) is 3.26. The van der Waals surface area contributed by atoms with Crippen LogP contribution in [0.1, 0.15) is 23.6 Å². The molecule has 7 heteroatoms. The number of nitrogens with zero attached hydrogens (tertiary/aromatic N) is 1. The fourth-order valence-corrected chi connectivity index (χ4v) is 2.83. The molecule has 1 N–H and O–H groups in total. The highest BCUT2D eigenvalue weighted by atomic mass is 35.5. The Labute approximate surface area is 162 Å². The molecule has 0 aliphatic rings. The summed E-state index contributed by atoms with van der Waals surface area (Å²) in [6.07, 6.45) is 0.889. The number of rotatable bonds is 7. The van der Waals surface area contributed by atoms with Crippen molar-refractivity contribution in [3.63, 3.8) is 0 Å². The number of hydrogen-bond acceptors (Lipinski definition) is 3. The number of halogens is 2. The fraction of sp³-hybridized carbons (Fsp3) is 0.263. The van der Waals surface area contributed by atoms with E-state index in [-0.39, 0.29) is 12.5 Å². The van der Waals surface area contributed by atoms with Crippen LogP contribution < -0.4 is 10.1 Å². The number of ether oxygens (including phenoxy) is 1. The Bertz CT molecular complexity index is 783. The largest absolute Gasteiger partial charge is 0.496 e. The maximum Gasteiger partial charge on any atom is 0.317 e. The van der Waals surface area contributed by atoms with Crippen LogP contribution in [0.15, 0.2) is 42.5 Å². The molecule has 5 nitrogen and oxygen atoms in total. The highest BCUT2D eigenvalue weighted by Crippen LogP contribution is 2.27. The van der Waals surface area contributed by atoms with Crippen LogP contribution in [0.3, 0.4) is 0 Å². The summed E-state index contributed by atoms with van der Waals surface area (Å²) >= 11 is 12.0. The standard InChI is InChI=1S/C19H20Cl2N2O3/c1-23(12-14-5-3-4-6-18(14)26-2)19(25)22-17(9-10-24)13-7-8-15(20)16(21)11-13/h3-8,10-11,17H,9,12H2,1-2H3,(H,22,25)/t17-/m0/s1. The average molecular weight is 395 g/mol. The van der Waals surface area contributed by atoms with Gasteiger partial charge in [-0.05, 0) is 23.8 Å². The lowest BCUT2D eigenvalue weighted by atomic mass is 10.0. The summed E-state index contributed by atoms with van der Waals surface area (Å²) < 4.78 is 5.31. The quantitative estimate of drug-likeness (QED) is 0.704. The molecular weight excluding hydrogens is 375 g/mol. The van der Waals surface area contributed by atoms with Crippen LogP contribution in [0.4, 0.5) is 4.79 Å². The van der Waals surface area contributed by atoms with Gasteiger partial charge >= 0.3 is 6.03 Å². The second-order valence-corrected chi connectivity index (χ2v) is 6.56. The van der Waals surface area contributed by atoms with Crippen LogP contribution >= 0.6 is 23.2 Å². The molecule has 2 rings (SSSR count). The predicted molar refractivity (Wildman–Crippen MR) is 103 cm³/mol. The van der Waals surface area contributed by atoms with E-state index in [9.17, 15) is 9.59 Å². The Hall–Kier alpha value is -2.24. The molecule has 0 aliphatic heterocycles. The number of nitrogens with one attached hydrogen (secondary N) is 1. The Kier molecular flexibility index (Phi) is 7.30. The van der Waals surface area contributed by atoms with Gasteiger partial charge in [0.15, 0.2) is 0 Å². The van der Waals surface area contributed by atoms with Gasteiger partial charge in [0.1, 0.15) is 12.0 Å². The Morgan fingerprint density at radius 1 is 1.23 bits per heavy atom. The minimum Gasteiger partial charge on any atom is -0.496 e. The minimum atomic E-state index is -0.491. The molecule has 1 atom stereocenters. The van der Waals surface area contributed by atoms with E-state index in [2.05, 4.69) is 5.32 Å². The maximum atomic E-state index is 12.6. The van der Waals surface area contributed by atoms with Crippen molar-refractivity contribution < 1.29 is 14.3 Å². The molecule has 0 heterocycles. The minimum absolute atomic E-state index is 0.131. The summed E-state index contributed by atoms with van der Waals surface area (Å²) in [5.74, 6) is 0.709. The van der Waals surface area contributed by atoms with Crippen molar-refractivity contribution in [2.45, 2.75) is 19.0 Å². The number of aldehydes is 1. The van der Waals surface area contributed by atoms with Crippen molar-refractivity contribution in [3.05, 3.63) is 63.6 Å².